The second-order valence-electron chi connectivity index (χ2n) is 6.56. The zero-order chi connectivity index (χ0) is 19.5. The first-order valence-electron chi connectivity index (χ1n) is 9.80. The number of hydrogen-bond donors (Lipinski definition) is 2. The number of likely N-dealkylation sites (N-methyl/N-ethyl adjacent to an activating group) is 1. The molecular formula is C21H34IN5S. The standard InChI is InChI=1S/C21H33N5S.HI/c1-5-26(6-2)19(14-18-10-8-7-9-11-18)16-25-21(22-4)23-13-12-20-24-15-17(3)27-20;/h7-11,15,19H,5-6,12-14,16H2,1-4H3,(H2,22,23,25);1H. The van der Waals surface area contributed by atoms with Crippen LogP contribution in [0.4, 0.5) is 0 Å². The van der Waals surface area contributed by atoms with Crippen molar-refractivity contribution < 1.29 is 0 Å². The summed E-state index contributed by atoms with van der Waals surface area (Å²) in [6.07, 6.45) is 3.89. The van der Waals surface area contributed by atoms with Crippen molar-refractivity contribution in [2.75, 3.05) is 33.2 Å². The minimum atomic E-state index is 0. The molecule has 2 aromatic rings. The summed E-state index contributed by atoms with van der Waals surface area (Å²) in [5.41, 5.74) is 1.37. The smallest absolute Gasteiger partial charge is 0.191 e. The molecular weight excluding hydrogens is 481 g/mol. The summed E-state index contributed by atoms with van der Waals surface area (Å²) < 4.78 is 0. The molecule has 0 amide bonds. The fourth-order valence-electron chi connectivity index (χ4n) is 3.20. The van der Waals surface area contributed by atoms with Crippen molar-refractivity contribution in [1.29, 1.82) is 0 Å². The van der Waals surface area contributed by atoms with Crippen LogP contribution in [-0.4, -0.2) is 55.1 Å². The number of hydrogen-bond acceptors (Lipinski definition) is 4. The number of rotatable bonds is 10. The van der Waals surface area contributed by atoms with Crippen molar-refractivity contribution in [2.45, 2.75) is 39.7 Å². The topological polar surface area (TPSA) is 52.5 Å². The molecule has 0 radical (unpaired) electrons. The molecule has 28 heavy (non-hydrogen) atoms. The van der Waals surface area contributed by atoms with Gasteiger partial charge in [-0.2, -0.15) is 0 Å². The van der Waals surface area contributed by atoms with Crippen LogP contribution >= 0.6 is 35.3 Å². The Morgan fingerprint density at radius 1 is 1.18 bits per heavy atom. The number of halogens is 1. The van der Waals surface area contributed by atoms with E-state index < -0.39 is 0 Å². The fraction of sp³-hybridized carbons (Fsp3) is 0.524. The van der Waals surface area contributed by atoms with Gasteiger partial charge in [-0.3, -0.25) is 9.89 Å². The maximum absolute atomic E-state index is 4.42. The summed E-state index contributed by atoms with van der Waals surface area (Å²) in [6.45, 7) is 10.3. The van der Waals surface area contributed by atoms with Crippen LogP contribution in [0.1, 0.15) is 29.3 Å². The van der Waals surface area contributed by atoms with Crippen molar-refractivity contribution in [2.24, 2.45) is 4.99 Å². The van der Waals surface area contributed by atoms with Gasteiger partial charge in [-0.25, -0.2) is 4.98 Å². The van der Waals surface area contributed by atoms with Gasteiger partial charge >= 0.3 is 0 Å². The van der Waals surface area contributed by atoms with Crippen LogP contribution in [0.25, 0.3) is 0 Å². The number of aromatic nitrogens is 1. The SMILES string of the molecule is CCN(CC)C(CNC(=NC)NCCc1ncc(C)s1)Cc1ccccc1.I. The molecule has 0 bridgehead atoms. The summed E-state index contributed by atoms with van der Waals surface area (Å²) in [5.74, 6) is 0.855. The molecule has 1 heterocycles. The van der Waals surface area contributed by atoms with Gasteiger partial charge in [0.15, 0.2) is 5.96 Å². The van der Waals surface area contributed by atoms with Crippen LogP contribution < -0.4 is 10.6 Å². The molecule has 156 valence electrons. The first kappa shape index (κ1) is 24.8. The highest BCUT2D eigenvalue weighted by atomic mass is 127. The van der Waals surface area contributed by atoms with E-state index in [-0.39, 0.29) is 24.0 Å². The molecule has 0 aliphatic heterocycles. The largest absolute Gasteiger partial charge is 0.356 e. The first-order chi connectivity index (χ1) is 13.2. The molecule has 0 fully saturated rings. The lowest BCUT2D eigenvalue weighted by Crippen LogP contribution is -2.48. The number of nitrogens with zero attached hydrogens (tertiary/aromatic N) is 3. The summed E-state index contributed by atoms with van der Waals surface area (Å²) in [5, 5.41) is 8.09. The molecule has 1 aromatic carbocycles. The second-order valence-corrected chi connectivity index (χ2v) is 7.88. The Morgan fingerprint density at radius 3 is 2.46 bits per heavy atom. The zero-order valence-electron chi connectivity index (χ0n) is 17.4. The van der Waals surface area contributed by atoms with Crippen LogP contribution in [0, 0.1) is 6.92 Å². The van der Waals surface area contributed by atoms with E-state index in [0.29, 0.717) is 6.04 Å². The predicted molar refractivity (Wildman–Crippen MR) is 132 cm³/mol. The van der Waals surface area contributed by atoms with Crippen molar-refractivity contribution in [1.82, 2.24) is 20.5 Å². The average Bonchev–Trinajstić information content (AvgIpc) is 3.11. The Balaban J connectivity index is 0.00000392. The van der Waals surface area contributed by atoms with E-state index in [1.165, 1.54) is 15.4 Å². The molecule has 0 aliphatic rings. The third-order valence-corrected chi connectivity index (χ3v) is 5.64. The van der Waals surface area contributed by atoms with E-state index in [4.69, 9.17) is 0 Å². The fourth-order valence-corrected chi connectivity index (χ4v) is 3.98. The molecule has 0 aliphatic carbocycles. The maximum Gasteiger partial charge on any atom is 0.191 e. The number of benzene rings is 1. The van der Waals surface area contributed by atoms with E-state index in [2.05, 4.69) is 76.6 Å². The Kier molecular flexibility index (Phi) is 12.3. The van der Waals surface area contributed by atoms with E-state index in [9.17, 15) is 0 Å². The lowest BCUT2D eigenvalue weighted by atomic mass is 10.0. The van der Waals surface area contributed by atoms with Gasteiger partial charge in [-0.15, -0.1) is 35.3 Å². The number of thiazole rings is 1. The van der Waals surface area contributed by atoms with Gasteiger partial charge in [-0.05, 0) is 32.0 Å². The van der Waals surface area contributed by atoms with Crippen molar-refractivity contribution >= 4 is 41.3 Å². The molecule has 0 saturated carbocycles. The average molecular weight is 516 g/mol. The van der Waals surface area contributed by atoms with Gasteiger partial charge in [-0.1, -0.05) is 44.2 Å². The van der Waals surface area contributed by atoms with Crippen LogP contribution in [-0.2, 0) is 12.8 Å². The number of aryl methyl sites for hydroxylation is 1. The summed E-state index contributed by atoms with van der Waals surface area (Å²) in [7, 11) is 1.83. The van der Waals surface area contributed by atoms with Crippen LogP contribution in [0.2, 0.25) is 0 Å². The summed E-state index contributed by atoms with van der Waals surface area (Å²) >= 11 is 1.76. The highest BCUT2D eigenvalue weighted by Gasteiger charge is 2.16. The lowest BCUT2D eigenvalue weighted by molar-refractivity contribution is 0.215. The highest BCUT2D eigenvalue weighted by Crippen LogP contribution is 2.11. The van der Waals surface area contributed by atoms with Crippen molar-refractivity contribution in [3.05, 3.63) is 52.0 Å². The Labute approximate surface area is 191 Å². The Hall–Kier alpha value is -1.19. The predicted octanol–water partition coefficient (Wildman–Crippen LogP) is 3.73. The third-order valence-electron chi connectivity index (χ3n) is 4.67. The molecule has 1 aromatic heterocycles. The molecule has 7 heteroatoms. The second kappa shape index (κ2) is 13.9. The van der Waals surface area contributed by atoms with E-state index >= 15 is 0 Å². The molecule has 1 atom stereocenters. The monoisotopic (exact) mass is 515 g/mol. The number of nitrogens with one attached hydrogen (secondary N) is 2. The molecule has 1 unspecified atom stereocenters. The minimum Gasteiger partial charge on any atom is -0.356 e. The normalized spacial score (nSPS) is 12.5. The van der Waals surface area contributed by atoms with Gasteiger partial charge < -0.3 is 10.6 Å². The van der Waals surface area contributed by atoms with Crippen LogP contribution in [0.3, 0.4) is 0 Å². The van der Waals surface area contributed by atoms with Gasteiger partial charge in [0.1, 0.15) is 0 Å². The molecule has 5 nitrogen and oxygen atoms in total. The Morgan fingerprint density at radius 2 is 1.89 bits per heavy atom. The van der Waals surface area contributed by atoms with E-state index in [0.717, 1.165) is 45.0 Å². The summed E-state index contributed by atoms with van der Waals surface area (Å²) in [6, 6.07) is 11.1. The third kappa shape index (κ3) is 8.45. The quantitative estimate of drug-likeness (QED) is 0.288. The van der Waals surface area contributed by atoms with Crippen molar-refractivity contribution in [3.8, 4) is 0 Å². The van der Waals surface area contributed by atoms with Crippen molar-refractivity contribution in [3.63, 3.8) is 0 Å². The number of aliphatic imine (C=N–C) groups is 1. The minimum absolute atomic E-state index is 0. The maximum atomic E-state index is 4.42. The Bertz CT molecular complexity index is 685. The van der Waals surface area contributed by atoms with E-state index in [1.54, 1.807) is 11.3 Å². The molecule has 2 rings (SSSR count). The van der Waals surface area contributed by atoms with Crippen LogP contribution in [0.5, 0.6) is 0 Å². The van der Waals surface area contributed by atoms with Gasteiger partial charge in [0.05, 0.1) is 5.01 Å². The zero-order valence-corrected chi connectivity index (χ0v) is 20.6. The number of guanidine groups is 1. The molecule has 2 N–H and O–H groups in total. The van der Waals surface area contributed by atoms with Gasteiger partial charge in [0.25, 0.3) is 0 Å². The van der Waals surface area contributed by atoms with Gasteiger partial charge in [0, 0.05) is 43.7 Å². The molecule has 0 saturated heterocycles. The van der Waals surface area contributed by atoms with Crippen LogP contribution in [0.15, 0.2) is 41.5 Å². The highest BCUT2D eigenvalue weighted by molar-refractivity contribution is 14.0. The molecule has 0 spiro atoms. The van der Waals surface area contributed by atoms with Gasteiger partial charge in [0.2, 0.25) is 0 Å². The first-order valence-corrected chi connectivity index (χ1v) is 10.6. The van der Waals surface area contributed by atoms with E-state index in [1.807, 2.05) is 13.2 Å². The lowest BCUT2D eigenvalue weighted by Gasteiger charge is -2.30. The summed E-state index contributed by atoms with van der Waals surface area (Å²) in [4.78, 5) is 12.6.